The van der Waals surface area contributed by atoms with E-state index in [9.17, 15) is 4.79 Å². The first kappa shape index (κ1) is 14.4. The molecular weight excluding hydrogens is 266 g/mol. The van der Waals surface area contributed by atoms with Crippen LogP contribution in [0.15, 0.2) is 24.3 Å². The first-order valence-corrected chi connectivity index (χ1v) is 7.73. The lowest BCUT2D eigenvalue weighted by Crippen LogP contribution is -2.45. The van der Waals surface area contributed by atoms with Crippen LogP contribution < -0.4 is 15.5 Å². The van der Waals surface area contributed by atoms with Crippen molar-refractivity contribution in [3.8, 4) is 0 Å². The predicted molar refractivity (Wildman–Crippen MR) is 82.3 cm³/mol. The second kappa shape index (κ2) is 6.91. The van der Waals surface area contributed by atoms with Crippen LogP contribution in [0.25, 0.3) is 0 Å². The van der Waals surface area contributed by atoms with Crippen molar-refractivity contribution in [3.05, 3.63) is 29.8 Å². The molecule has 2 heterocycles. The molecule has 1 aromatic carbocycles. The van der Waals surface area contributed by atoms with Crippen LogP contribution in [0, 0.1) is 0 Å². The first-order valence-electron chi connectivity index (χ1n) is 7.73. The third-order valence-electron chi connectivity index (χ3n) is 4.13. The molecule has 114 valence electrons. The van der Waals surface area contributed by atoms with Crippen LogP contribution in [0.5, 0.6) is 0 Å². The zero-order chi connectivity index (χ0) is 14.5. The first-order chi connectivity index (χ1) is 10.3. The van der Waals surface area contributed by atoms with Gasteiger partial charge in [-0.1, -0.05) is 18.2 Å². The maximum absolute atomic E-state index is 12.3. The number of hydrogen-bond acceptors (Lipinski definition) is 4. The van der Waals surface area contributed by atoms with E-state index in [0.717, 1.165) is 45.7 Å². The van der Waals surface area contributed by atoms with Crippen molar-refractivity contribution >= 4 is 11.6 Å². The monoisotopic (exact) mass is 289 g/mol. The van der Waals surface area contributed by atoms with Crippen molar-refractivity contribution in [1.29, 1.82) is 0 Å². The van der Waals surface area contributed by atoms with E-state index in [4.69, 9.17) is 4.74 Å². The number of amides is 1. The summed E-state index contributed by atoms with van der Waals surface area (Å²) in [6, 6.07) is 8.58. The Hall–Kier alpha value is -1.59. The molecular formula is C16H23N3O2. The Morgan fingerprint density at radius 1 is 1.33 bits per heavy atom. The number of ether oxygens (including phenoxy) is 1. The van der Waals surface area contributed by atoms with Gasteiger partial charge in [-0.2, -0.15) is 0 Å². The van der Waals surface area contributed by atoms with E-state index >= 15 is 0 Å². The molecule has 1 saturated heterocycles. The molecule has 1 aromatic rings. The molecule has 5 nitrogen and oxygen atoms in total. The Labute approximate surface area is 125 Å². The predicted octanol–water partition coefficient (Wildman–Crippen LogP) is 0.891. The summed E-state index contributed by atoms with van der Waals surface area (Å²) in [5.74, 6) is 0.110. The average molecular weight is 289 g/mol. The van der Waals surface area contributed by atoms with Gasteiger partial charge in [0.25, 0.3) is 0 Å². The molecule has 5 heteroatoms. The highest BCUT2D eigenvalue weighted by Crippen LogP contribution is 2.21. The molecule has 0 saturated carbocycles. The number of nitrogens with zero attached hydrogens (tertiary/aromatic N) is 1. The third kappa shape index (κ3) is 3.74. The number of nitrogens with one attached hydrogen (secondary N) is 2. The normalized spacial score (nSPS) is 19.7. The topological polar surface area (TPSA) is 53.6 Å². The van der Waals surface area contributed by atoms with Gasteiger partial charge in [0.1, 0.15) is 0 Å². The summed E-state index contributed by atoms with van der Waals surface area (Å²) in [4.78, 5) is 14.5. The molecule has 0 spiro atoms. The molecule has 0 aromatic heterocycles. The van der Waals surface area contributed by atoms with Crippen LogP contribution in [0.3, 0.4) is 0 Å². The van der Waals surface area contributed by atoms with E-state index in [1.807, 2.05) is 12.1 Å². The quantitative estimate of drug-likeness (QED) is 0.868. The van der Waals surface area contributed by atoms with Crippen LogP contribution in [0.2, 0.25) is 0 Å². The Bertz CT molecular complexity index is 486. The maximum atomic E-state index is 12.3. The molecule has 0 atom stereocenters. The van der Waals surface area contributed by atoms with Gasteiger partial charge >= 0.3 is 0 Å². The Morgan fingerprint density at radius 3 is 3.00 bits per heavy atom. The zero-order valence-electron chi connectivity index (χ0n) is 12.3. The van der Waals surface area contributed by atoms with Gasteiger partial charge in [0.2, 0.25) is 5.91 Å². The van der Waals surface area contributed by atoms with Gasteiger partial charge in [-0.25, -0.2) is 0 Å². The van der Waals surface area contributed by atoms with Gasteiger partial charge < -0.3 is 20.3 Å². The van der Waals surface area contributed by atoms with Gasteiger partial charge in [0.15, 0.2) is 0 Å². The number of para-hydroxylation sites is 1. The lowest BCUT2D eigenvalue weighted by atomic mass is 10.1. The number of hydrogen-bond donors (Lipinski definition) is 2. The summed E-state index contributed by atoms with van der Waals surface area (Å²) in [6.07, 6.45) is 1.84. The average Bonchev–Trinajstić information content (AvgIpc) is 2.71. The lowest BCUT2D eigenvalue weighted by molar-refractivity contribution is -0.121. The van der Waals surface area contributed by atoms with Gasteiger partial charge in [-0.15, -0.1) is 0 Å². The molecule has 0 aliphatic carbocycles. The second-order valence-electron chi connectivity index (χ2n) is 5.68. The zero-order valence-corrected chi connectivity index (χ0v) is 12.3. The number of carbonyl (C=O) groups excluding carboxylic acids is 1. The highest BCUT2D eigenvalue weighted by Gasteiger charge is 2.20. The third-order valence-corrected chi connectivity index (χ3v) is 4.13. The molecule has 0 bridgehead atoms. The van der Waals surface area contributed by atoms with Crippen LogP contribution in [0.1, 0.15) is 18.4 Å². The smallest absolute Gasteiger partial charge is 0.239 e. The van der Waals surface area contributed by atoms with Crippen LogP contribution >= 0.6 is 0 Å². The Morgan fingerprint density at radius 2 is 2.14 bits per heavy atom. The molecule has 2 aliphatic heterocycles. The van der Waals surface area contributed by atoms with E-state index in [1.54, 1.807) is 0 Å². The summed E-state index contributed by atoms with van der Waals surface area (Å²) in [6.45, 7) is 4.56. The van der Waals surface area contributed by atoms with Crippen molar-refractivity contribution in [3.63, 3.8) is 0 Å². The summed E-state index contributed by atoms with van der Waals surface area (Å²) in [5.41, 5.74) is 2.43. The molecule has 2 aliphatic rings. The largest absolute Gasteiger partial charge is 0.381 e. The van der Waals surface area contributed by atoms with Gasteiger partial charge in [0, 0.05) is 44.6 Å². The highest BCUT2D eigenvalue weighted by molar-refractivity contribution is 5.82. The number of carbonyl (C=O) groups is 1. The minimum Gasteiger partial charge on any atom is -0.381 e. The van der Waals surface area contributed by atoms with Crippen LogP contribution in [-0.2, 0) is 16.1 Å². The van der Waals surface area contributed by atoms with Crippen molar-refractivity contribution in [2.75, 3.05) is 37.7 Å². The van der Waals surface area contributed by atoms with Crippen molar-refractivity contribution in [2.24, 2.45) is 0 Å². The molecule has 21 heavy (non-hydrogen) atoms. The maximum Gasteiger partial charge on any atom is 0.239 e. The van der Waals surface area contributed by atoms with Gasteiger partial charge in [-0.05, 0) is 24.5 Å². The van der Waals surface area contributed by atoms with Gasteiger partial charge in [0.05, 0.1) is 6.54 Å². The number of benzene rings is 1. The SMILES string of the molecule is O=C(CN1CCNCc2ccccc21)NC1CCOCC1. The van der Waals surface area contributed by atoms with E-state index in [2.05, 4.69) is 27.7 Å². The van der Waals surface area contributed by atoms with E-state index in [-0.39, 0.29) is 11.9 Å². The lowest BCUT2D eigenvalue weighted by Gasteiger charge is -2.27. The summed E-state index contributed by atoms with van der Waals surface area (Å²) in [7, 11) is 0. The highest BCUT2D eigenvalue weighted by atomic mass is 16.5. The second-order valence-corrected chi connectivity index (χ2v) is 5.68. The molecule has 0 unspecified atom stereocenters. The van der Waals surface area contributed by atoms with E-state index in [0.29, 0.717) is 6.54 Å². The molecule has 1 fully saturated rings. The molecule has 3 rings (SSSR count). The van der Waals surface area contributed by atoms with Crippen molar-refractivity contribution in [2.45, 2.75) is 25.4 Å². The fraction of sp³-hybridized carbons (Fsp3) is 0.562. The van der Waals surface area contributed by atoms with Gasteiger partial charge in [-0.3, -0.25) is 4.79 Å². The fourth-order valence-corrected chi connectivity index (χ4v) is 2.98. The van der Waals surface area contributed by atoms with E-state index in [1.165, 1.54) is 11.3 Å². The summed E-state index contributed by atoms with van der Waals surface area (Å²) >= 11 is 0. The Kier molecular flexibility index (Phi) is 4.72. The van der Waals surface area contributed by atoms with Crippen LogP contribution in [-0.4, -0.2) is 44.8 Å². The number of rotatable bonds is 3. The Balaban J connectivity index is 1.62. The molecule has 1 amide bonds. The number of fused-ring (bicyclic) bond motifs is 1. The standard InChI is InChI=1S/C16H23N3O2/c20-16(18-14-5-9-21-10-6-14)12-19-8-7-17-11-13-3-1-2-4-15(13)19/h1-4,14,17H,5-12H2,(H,18,20). The van der Waals surface area contributed by atoms with Crippen LogP contribution in [0.4, 0.5) is 5.69 Å². The van der Waals surface area contributed by atoms with E-state index < -0.39 is 0 Å². The number of anilines is 1. The minimum atomic E-state index is 0.110. The van der Waals surface area contributed by atoms with Crippen molar-refractivity contribution in [1.82, 2.24) is 10.6 Å². The molecule has 0 radical (unpaired) electrons. The van der Waals surface area contributed by atoms with Crippen molar-refractivity contribution < 1.29 is 9.53 Å². The molecule has 2 N–H and O–H groups in total. The summed E-state index contributed by atoms with van der Waals surface area (Å²) in [5, 5.41) is 6.53. The minimum absolute atomic E-state index is 0.110. The summed E-state index contributed by atoms with van der Waals surface area (Å²) < 4.78 is 5.32. The fourth-order valence-electron chi connectivity index (χ4n) is 2.98.